The Bertz CT molecular complexity index is 420. The number of nitrogens with one attached hydrogen (secondary N) is 1. The number of aromatic hydroxyl groups is 1. The summed E-state index contributed by atoms with van der Waals surface area (Å²) in [6, 6.07) is 3.11. The van der Waals surface area contributed by atoms with Crippen LogP contribution in [0, 0.1) is 5.92 Å². The van der Waals surface area contributed by atoms with Crippen molar-refractivity contribution in [2.24, 2.45) is 5.92 Å². The van der Waals surface area contributed by atoms with Crippen LogP contribution in [0.4, 0.5) is 0 Å². The molecule has 0 spiro atoms. The van der Waals surface area contributed by atoms with Crippen molar-refractivity contribution in [1.82, 2.24) is 15.2 Å². The van der Waals surface area contributed by atoms with Gasteiger partial charge in [0.15, 0.2) is 5.69 Å². The summed E-state index contributed by atoms with van der Waals surface area (Å²) in [6.07, 6.45) is 3.67. The maximum Gasteiger partial charge on any atom is 0.276 e. The van der Waals surface area contributed by atoms with Gasteiger partial charge in [-0.1, -0.05) is 0 Å². The third-order valence-electron chi connectivity index (χ3n) is 3.29. The number of hydrogen-bond donors (Lipinski definition) is 2. The van der Waals surface area contributed by atoms with E-state index in [2.05, 4.69) is 10.3 Å². The molecule has 0 radical (unpaired) electrons. The molecule has 1 aliphatic rings. The molecule has 5 nitrogen and oxygen atoms in total. The van der Waals surface area contributed by atoms with Crippen LogP contribution < -0.4 is 5.32 Å². The maximum absolute atomic E-state index is 12.3. The molecule has 18 heavy (non-hydrogen) atoms. The zero-order valence-corrected chi connectivity index (χ0v) is 10.6. The minimum absolute atomic E-state index is 0.0433. The summed E-state index contributed by atoms with van der Waals surface area (Å²) in [5.74, 6) is 0.269. The van der Waals surface area contributed by atoms with Crippen LogP contribution >= 0.6 is 0 Å². The lowest BCUT2D eigenvalue weighted by atomic mass is 9.98. The second kappa shape index (κ2) is 5.82. The van der Waals surface area contributed by atoms with Gasteiger partial charge in [0.2, 0.25) is 0 Å². The fourth-order valence-corrected chi connectivity index (χ4v) is 2.42. The number of likely N-dealkylation sites (tertiary alicyclic amines) is 1. The Morgan fingerprint density at radius 1 is 1.67 bits per heavy atom. The molecule has 2 N–H and O–H groups in total. The van der Waals surface area contributed by atoms with Gasteiger partial charge < -0.3 is 15.3 Å². The third-order valence-corrected chi connectivity index (χ3v) is 3.29. The standard InChI is InChI=1S/C13H19N3O2/c1-14-8-10-4-3-7-16(9-10)13(18)12-11(17)5-2-6-15-12/h2,5-6,10,14,17H,3-4,7-9H2,1H3. The number of amides is 1. The molecule has 1 fully saturated rings. The van der Waals surface area contributed by atoms with Crippen molar-refractivity contribution < 1.29 is 9.90 Å². The van der Waals surface area contributed by atoms with Gasteiger partial charge in [0.25, 0.3) is 5.91 Å². The van der Waals surface area contributed by atoms with Crippen LogP contribution in [0.2, 0.25) is 0 Å². The first-order valence-electron chi connectivity index (χ1n) is 6.30. The summed E-state index contributed by atoms with van der Waals surface area (Å²) < 4.78 is 0. The van der Waals surface area contributed by atoms with E-state index in [0.29, 0.717) is 5.92 Å². The minimum Gasteiger partial charge on any atom is -0.505 e. The first-order valence-corrected chi connectivity index (χ1v) is 6.30. The van der Waals surface area contributed by atoms with E-state index in [0.717, 1.165) is 32.5 Å². The van der Waals surface area contributed by atoms with Crippen molar-refractivity contribution in [1.29, 1.82) is 0 Å². The number of aromatic nitrogens is 1. The molecule has 0 aromatic carbocycles. The van der Waals surface area contributed by atoms with Crippen molar-refractivity contribution in [2.75, 3.05) is 26.7 Å². The number of carbonyl (C=O) groups is 1. The first-order chi connectivity index (χ1) is 8.72. The Labute approximate surface area is 107 Å². The molecule has 1 aromatic rings. The summed E-state index contributed by atoms with van der Waals surface area (Å²) in [4.78, 5) is 18.0. The van der Waals surface area contributed by atoms with E-state index in [1.807, 2.05) is 7.05 Å². The molecular weight excluding hydrogens is 230 g/mol. The topological polar surface area (TPSA) is 65.5 Å². The highest BCUT2D eigenvalue weighted by Crippen LogP contribution is 2.20. The molecule has 0 bridgehead atoms. The number of carbonyl (C=O) groups excluding carboxylic acids is 1. The van der Waals surface area contributed by atoms with Gasteiger partial charge in [-0.3, -0.25) is 4.79 Å². The lowest BCUT2D eigenvalue weighted by Crippen LogP contribution is -2.42. The molecule has 5 heteroatoms. The van der Waals surface area contributed by atoms with E-state index < -0.39 is 0 Å². The monoisotopic (exact) mass is 249 g/mol. The van der Waals surface area contributed by atoms with E-state index >= 15 is 0 Å². The van der Waals surface area contributed by atoms with Gasteiger partial charge >= 0.3 is 0 Å². The normalized spacial score (nSPS) is 19.8. The van der Waals surface area contributed by atoms with E-state index in [1.54, 1.807) is 11.0 Å². The van der Waals surface area contributed by atoms with Gasteiger partial charge in [0.1, 0.15) is 5.75 Å². The zero-order valence-electron chi connectivity index (χ0n) is 10.6. The SMILES string of the molecule is CNCC1CCCN(C(=O)c2ncccc2O)C1. The van der Waals surface area contributed by atoms with E-state index in [1.165, 1.54) is 12.3 Å². The largest absolute Gasteiger partial charge is 0.505 e. The first kappa shape index (κ1) is 12.8. The van der Waals surface area contributed by atoms with Crippen LogP contribution in [0.1, 0.15) is 23.3 Å². The molecule has 1 saturated heterocycles. The van der Waals surface area contributed by atoms with Gasteiger partial charge in [-0.25, -0.2) is 4.98 Å². The van der Waals surface area contributed by atoms with Gasteiger partial charge in [0, 0.05) is 19.3 Å². The van der Waals surface area contributed by atoms with E-state index in [4.69, 9.17) is 0 Å². The van der Waals surface area contributed by atoms with Gasteiger partial charge in [-0.05, 0) is 44.5 Å². The molecule has 1 atom stereocenters. The van der Waals surface area contributed by atoms with Crippen LogP contribution in [-0.2, 0) is 0 Å². The van der Waals surface area contributed by atoms with Crippen molar-refractivity contribution in [2.45, 2.75) is 12.8 Å². The Morgan fingerprint density at radius 3 is 3.22 bits per heavy atom. The summed E-state index contributed by atoms with van der Waals surface area (Å²) >= 11 is 0. The highest BCUT2D eigenvalue weighted by Gasteiger charge is 2.26. The molecule has 1 aliphatic heterocycles. The van der Waals surface area contributed by atoms with Crippen molar-refractivity contribution in [3.63, 3.8) is 0 Å². The second-order valence-corrected chi connectivity index (χ2v) is 4.69. The molecule has 1 amide bonds. The third kappa shape index (κ3) is 2.79. The van der Waals surface area contributed by atoms with Crippen molar-refractivity contribution >= 4 is 5.91 Å². The summed E-state index contributed by atoms with van der Waals surface area (Å²) in [7, 11) is 1.92. The Kier molecular flexibility index (Phi) is 4.15. The average molecular weight is 249 g/mol. The molecule has 2 rings (SSSR count). The molecular formula is C13H19N3O2. The number of rotatable bonds is 3. The predicted molar refractivity (Wildman–Crippen MR) is 68.5 cm³/mol. The smallest absolute Gasteiger partial charge is 0.276 e. The fourth-order valence-electron chi connectivity index (χ4n) is 2.42. The van der Waals surface area contributed by atoms with Gasteiger partial charge in [-0.2, -0.15) is 0 Å². The van der Waals surface area contributed by atoms with Crippen LogP contribution in [0.3, 0.4) is 0 Å². The van der Waals surface area contributed by atoms with Gasteiger partial charge in [-0.15, -0.1) is 0 Å². The molecule has 2 heterocycles. The van der Waals surface area contributed by atoms with Crippen molar-refractivity contribution in [3.05, 3.63) is 24.0 Å². The number of nitrogens with zero attached hydrogens (tertiary/aromatic N) is 2. The summed E-state index contributed by atoms with van der Waals surface area (Å²) in [5, 5.41) is 12.8. The van der Waals surface area contributed by atoms with Crippen LogP contribution in [0.15, 0.2) is 18.3 Å². The second-order valence-electron chi connectivity index (χ2n) is 4.69. The molecule has 0 aliphatic carbocycles. The van der Waals surface area contributed by atoms with Crippen LogP contribution in [0.5, 0.6) is 5.75 Å². The molecule has 1 aromatic heterocycles. The van der Waals surface area contributed by atoms with Crippen molar-refractivity contribution in [3.8, 4) is 5.75 Å². The summed E-state index contributed by atoms with van der Waals surface area (Å²) in [6.45, 7) is 2.39. The predicted octanol–water partition coefficient (Wildman–Crippen LogP) is 0.859. The average Bonchev–Trinajstić information content (AvgIpc) is 2.39. The highest BCUT2D eigenvalue weighted by atomic mass is 16.3. The van der Waals surface area contributed by atoms with Crippen LogP contribution in [-0.4, -0.2) is 47.6 Å². The number of piperidine rings is 1. The fraction of sp³-hybridized carbons (Fsp3) is 0.538. The highest BCUT2D eigenvalue weighted by molar-refractivity contribution is 5.94. The lowest BCUT2D eigenvalue weighted by molar-refractivity contribution is 0.0665. The lowest BCUT2D eigenvalue weighted by Gasteiger charge is -2.32. The Hall–Kier alpha value is -1.62. The van der Waals surface area contributed by atoms with Gasteiger partial charge in [0.05, 0.1) is 0 Å². The Morgan fingerprint density at radius 2 is 2.50 bits per heavy atom. The zero-order chi connectivity index (χ0) is 13.0. The number of pyridine rings is 1. The molecule has 98 valence electrons. The van der Waals surface area contributed by atoms with Crippen LogP contribution in [0.25, 0.3) is 0 Å². The molecule has 0 saturated carbocycles. The van der Waals surface area contributed by atoms with E-state index in [-0.39, 0.29) is 17.4 Å². The maximum atomic E-state index is 12.3. The molecule has 1 unspecified atom stereocenters. The number of hydrogen-bond acceptors (Lipinski definition) is 4. The van der Waals surface area contributed by atoms with E-state index in [9.17, 15) is 9.90 Å². The summed E-state index contributed by atoms with van der Waals surface area (Å²) in [5.41, 5.74) is 0.155. The Balaban J connectivity index is 2.07. The quantitative estimate of drug-likeness (QED) is 0.834. The minimum atomic E-state index is -0.172.